The minimum Gasteiger partial charge on any atom is -0.495 e. The van der Waals surface area contributed by atoms with Gasteiger partial charge in [0.15, 0.2) is 0 Å². The fourth-order valence-corrected chi connectivity index (χ4v) is 2.99. The Labute approximate surface area is 142 Å². The van der Waals surface area contributed by atoms with E-state index >= 15 is 0 Å². The van der Waals surface area contributed by atoms with Crippen LogP contribution in [0.4, 0.5) is 13.2 Å². The minimum atomic E-state index is -4.51. The van der Waals surface area contributed by atoms with Gasteiger partial charge in [0.2, 0.25) is 5.82 Å². The van der Waals surface area contributed by atoms with Gasteiger partial charge in [0, 0.05) is 37.8 Å². The average Bonchev–Trinajstić information content (AvgIpc) is 2.55. The van der Waals surface area contributed by atoms with Crippen LogP contribution in [0.25, 0.3) is 0 Å². The summed E-state index contributed by atoms with van der Waals surface area (Å²) in [5.41, 5.74) is 2.09. The second kappa shape index (κ2) is 6.57. The molecule has 0 saturated carbocycles. The van der Waals surface area contributed by atoms with Crippen molar-refractivity contribution in [3.63, 3.8) is 0 Å². The van der Waals surface area contributed by atoms with Crippen molar-refractivity contribution in [2.45, 2.75) is 25.7 Å². The van der Waals surface area contributed by atoms with Gasteiger partial charge in [-0.1, -0.05) is 23.7 Å². The Bertz CT molecular complexity index is 752. The smallest absolute Gasteiger partial charge is 0.451 e. The summed E-state index contributed by atoms with van der Waals surface area (Å²) in [7, 11) is 1.55. The van der Waals surface area contributed by atoms with Gasteiger partial charge in [-0.2, -0.15) is 13.2 Å². The standard InChI is InChI=1S/C16H15ClF3N3O/c1-24-13-4-2-3-10(14(13)17)8-23-6-5-12-11(9-23)7-21-15(22-12)16(18,19)20/h2-4,7H,5-6,8-9H2,1H3. The lowest BCUT2D eigenvalue weighted by Gasteiger charge is -2.28. The first-order valence-electron chi connectivity index (χ1n) is 7.34. The molecule has 0 amide bonds. The molecule has 2 aromatic rings. The molecule has 8 heteroatoms. The number of benzene rings is 1. The quantitative estimate of drug-likeness (QED) is 0.839. The van der Waals surface area contributed by atoms with Crippen LogP contribution in [0.3, 0.4) is 0 Å². The Morgan fingerprint density at radius 3 is 2.83 bits per heavy atom. The molecular formula is C16H15ClF3N3O. The topological polar surface area (TPSA) is 38.2 Å². The lowest BCUT2D eigenvalue weighted by atomic mass is 10.1. The lowest BCUT2D eigenvalue weighted by Crippen LogP contribution is -2.31. The molecule has 0 atom stereocenters. The van der Waals surface area contributed by atoms with Crippen LogP contribution in [0.5, 0.6) is 5.75 Å². The predicted octanol–water partition coefficient (Wildman–Crippen LogP) is 3.72. The molecule has 1 aliphatic heterocycles. The fraction of sp³-hybridized carbons (Fsp3) is 0.375. The van der Waals surface area contributed by atoms with Gasteiger partial charge in [0.1, 0.15) is 5.75 Å². The number of halogens is 4. The number of ether oxygens (including phenoxy) is 1. The van der Waals surface area contributed by atoms with Crippen molar-refractivity contribution in [3.05, 3.63) is 52.1 Å². The number of aromatic nitrogens is 2. The van der Waals surface area contributed by atoms with Gasteiger partial charge >= 0.3 is 6.18 Å². The normalized spacial score (nSPS) is 15.2. The summed E-state index contributed by atoms with van der Waals surface area (Å²) in [6.45, 7) is 1.67. The summed E-state index contributed by atoms with van der Waals surface area (Å²) >= 11 is 6.30. The van der Waals surface area contributed by atoms with E-state index in [4.69, 9.17) is 16.3 Å². The molecule has 0 radical (unpaired) electrons. The first-order valence-corrected chi connectivity index (χ1v) is 7.72. The Morgan fingerprint density at radius 2 is 2.12 bits per heavy atom. The highest BCUT2D eigenvalue weighted by molar-refractivity contribution is 6.32. The third kappa shape index (κ3) is 3.47. The van der Waals surface area contributed by atoms with Gasteiger partial charge in [-0.25, -0.2) is 9.97 Å². The van der Waals surface area contributed by atoms with Crippen LogP contribution in [-0.4, -0.2) is 28.5 Å². The minimum absolute atomic E-state index is 0.447. The van der Waals surface area contributed by atoms with Gasteiger partial charge < -0.3 is 4.74 Å². The number of hydrogen-bond acceptors (Lipinski definition) is 4. The average molecular weight is 358 g/mol. The zero-order valence-corrected chi connectivity index (χ0v) is 13.7. The molecule has 0 saturated heterocycles. The largest absolute Gasteiger partial charge is 0.495 e. The highest BCUT2D eigenvalue weighted by Gasteiger charge is 2.35. The number of alkyl halides is 3. The SMILES string of the molecule is COc1cccc(CN2CCc3nc(C(F)(F)F)ncc3C2)c1Cl. The second-order valence-electron chi connectivity index (χ2n) is 5.56. The Morgan fingerprint density at radius 1 is 1.33 bits per heavy atom. The van der Waals surface area contributed by atoms with Gasteiger partial charge in [-0.3, -0.25) is 4.90 Å². The zero-order valence-electron chi connectivity index (χ0n) is 12.9. The van der Waals surface area contributed by atoms with Crippen molar-refractivity contribution >= 4 is 11.6 Å². The molecule has 0 fully saturated rings. The third-order valence-corrected chi connectivity index (χ3v) is 4.35. The molecular weight excluding hydrogens is 343 g/mol. The number of methoxy groups -OCH3 is 1. The highest BCUT2D eigenvalue weighted by Crippen LogP contribution is 2.31. The Hall–Kier alpha value is -1.86. The maximum atomic E-state index is 12.7. The van der Waals surface area contributed by atoms with Crippen molar-refractivity contribution in [1.82, 2.24) is 14.9 Å². The first kappa shape index (κ1) is 17.0. The van der Waals surface area contributed by atoms with E-state index in [1.54, 1.807) is 13.2 Å². The molecule has 1 aliphatic rings. The van der Waals surface area contributed by atoms with Crippen LogP contribution in [0.15, 0.2) is 24.4 Å². The number of rotatable bonds is 3. The molecule has 0 unspecified atom stereocenters. The maximum absolute atomic E-state index is 12.7. The van der Waals surface area contributed by atoms with Gasteiger partial charge in [0.05, 0.1) is 17.8 Å². The third-order valence-electron chi connectivity index (χ3n) is 3.92. The van der Waals surface area contributed by atoms with Gasteiger partial charge in [-0.05, 0) is 11.6 Å². The molecule has 128 valence electrons. The lowest BCUT2D eigenvalue weighted by molar-refractivity contribution is -0.145. The van der Waals surface area contributed by atoms with E-state index in [1.807, 2.05) is 12.1 Å². The molecule has 3 rings (SSSR count). The van der Waals surface area contributed by atoms with Crippen LogP contribution in [0.1, 0.15) is 22.6 Å². The zero-order chi connectivity index (χ0) is 17.3. The summed E-state index contributed by atoms with van der Waals surface area (Å²) < 4.78 is 43.2. The summed E-state index contributed by atoms with van der Waals surface area (Å²) in [6.07, 6.45) is -2.80. The van der Waals surface area contributed by atoms with Crippen LogP contribution in [-0.2, 0) is 25.7 Å². The van der Waals surface area contributed by atoms with Crippen LogP contribution < -0.4 is 4.74 Å². The maximum Gasteiger partial charge on any atom is 0.451 e. The van der Waals surface area contributed by atoms with Crippen molar-refractivity contribution in [3.8, 4) is 5.75 Å². The molecule has 0 spiro atoms. The Kier molecular flexibility index (Phi) is 4.64. The van der Waals surface area contributed by atoms with Crippen LogP contribution in [0, 0.1) is 0 Å². The van der Waals surface area contributed by atoms with E-state index in [0.717, 1.165) is 5.56 Å². The predicted molar refractivity (Wildman–Crippen MR) is 82.9 cm³/mol. The second-order valence-corrected chi connectivity index (χ2v) is 5.94. The van der Waals surface area contributed by atoms with E-state index in [0.29, 0.717) is 48.1 Å². The molecule has 0 aliphatic carbocycles. The van der Waals surface area contributed by atoms with Gasteiger partial charge in [0.25, 0.3) is 0 Å². The number of fused-ring (bicyclic) bond motifs is 1. The van der Waals surface area contributed by atoms with E-state index in [1.165, 1.54) is 6.20 Å². The van der Waals surface area contributed by atoms with E-state index in [2.05, 4.69) is 14.9 Å². The fourth-order valence-electron chi connectivity index (χ4n) is 2.72. The number of nitrogens with zero attached hydrogens (tertiary/aromatic N) is 3. The monoisotopic (exact) mass is 357 g/mol. The Balaban J connectivity index is 1.76. The number of hydrogen-bond donors (Lipinski definition) is 0. The van der Waals surface area contributed by atoms with E-state index in [-0.39, 0.29) is 0 Å². The van der Waals surface area contributed by atoms with Crippen molar-refractivity contribution in [2.24, 2.45) is 0 Å². The molecule has 0 N–H and O–H groups in total. The molecule has 1 aromatic heterocycles. The summed E-state index contributed by atoms with van der Waals surface area (Å²) in [6, 6.07) is 5.55. The first-order chi connectivity index (χ1) is 11.4. The molecule has 0 bridgehead atoms. The van der Waals surface area contributed by atoms with E-state index in [9.17, 15) is 13.2 Å². The van der Waals surface area contributed by atoms with Crippen molar-refractivity contribution in [2.75, 3.05) is 13.7 Å². The molecule has 4 nitrogen and oxygen atoms in total. The molecule has 24 heavy (non-hydrogen) atoms. The van der Waals surface area contributed by atoms with Crippen LogP contribution in [0.2, 0.25) is 5.02 Å². The van der Waals surface area contributed by atoms with Gasteiger partial charge in [-0.15, -0.1) is 0 Å². The highest BCUT2D eigenvalue weighted by atomic mass is 35.5. The van der Waals surface area contributed by atoms with Crippen molar-refractivity contribution in [1.29, 1.82) is 0 Å². The summed E-state index contributed by atoms with van der Waals surface area (Å²) in [4.78, 5) is 9.20. The van der Waals surface area contributed by atoms with Crippen molar-refractivity contribution < 1.29 is 17.9 Å². The molecule has 1 aromatic carbocycles. The summed E-state index contributed by atoms with van der Waals surface area (Å²) in [5, 5.41) is 0.550. The van der Waals surface area contributed by atoms with E-state index < -0.39 is 12.0 Å². The molecule has 2 heterocycles. The summed E-state index contributed by atoms with van der Waals surface area (Å²) in [5.74, 6) is -0.477. The van der Waals surface area contributed by atoms with Crippen LogP contribution >= 0.6 is 11.6 Å².